The Morgan fingerprint density at radius 1 is 1.11 bits per heavy atom. The summed E-state index contributed by atoms with van der Waals surface area (Å²) in [5, 5.41) is 0.989. The number of amides is 1. The standard InChI is InChI=1S/C23H25N3O2/c1-25(2)22-15-26(14-20(22)16-8-10-19(28-3)11-9-16)23(27)18-12-17-6-4-5-7-21(17)24-13-18/h4-13,20,22H,14-15H2,1-3H3/t20-,22+/m0/s1. The molecule has 1 amide bonds. The van der Waals surface area contributed by atoms with Crippen LogP contribution in [0, 0.1) is 0 Å². The third-order valence-electron chi connectivity index (χ3n) is 5.62. The highest BCUT2D eigenvalue weighted by molar-refractivity contribution is 5.97. The molecule has 3 aromatic rings. The summed E-state index contributed by atoms with van der Waals surface area (Å²) in [6.45, 7) is 1.40. The van der Waals surface area contributed by atoms with Gasteiger partial charge in [0.15, 0.2) is 0 Å². The molecule has 2 aromatic carbocycles. The van der Waals surface area contributed by atoms with Crippen molar-refractivity contribution in [2.24, 2.45) is 0 Å². The first-order valence-electron chi connectivity index (χ1n) is 9.51. The molecule has 0 aliphatic carbocycles. The molecule has 2 atom stereocenters. The maximum absolute atomic E-state index is 13.2. The first-order valence-corrected chi connectivity index (χ1v) is 9.51. The molecule has 2 heterocycles. The number of para-hydroxylation sites is 1. The lowest BCUT2D eigenvalue weighted by Crippen LogP contribution is -2.35. The molecule has 0 radical (unpaired) electrons. The van der Waals surface area contributed by atoms with Gasteiger partial charge in [-0.2, -0.15) is 0 Å². The monoisotopic (exact) mass is 375 g/mol. The molecule has 144 valence electrons. The Hall–Kier alpha value is -2.92. The fraction of sp³-hybridized carbons (Fsp3) is 0.304. The van der Waals surface area contributed by atoms with Crippen LogP contribution >= 0.6 is 0 Å². The minimum atomic E-state index is 0.0427. The minimum Gasteiger partial charge on any atom is -0.497 e. The molecule has 28 heavy (non-hydrogen) atoms. The summed E-state index contributed by atoms with van der Waals surface area (Å²) >= 11 is 0. The average Bonchev–Trinajstić information content (AvgIpc) is 3.19. The number of pyridine rings is 1. The van der Waals surface area contributed by atoms with Crippen molar-refractivity contribution in [3.05, 3.63) is 71.9 Å². The van der Waals surface area contributed by atoms with Crippen molar-refractivity contribution in [3.63, 3.8) is 0 Å². The number of hydrogen-bond donors (Lipinski definition) is 0. The lowest BCUT2D eigenvalue weighted by molar-refractivity contribution is 0.0782. The summed E-state index contributed by atoms with van der Waals surface area (Å²) in [5.74, 6) is 1.15. The van der Waals surface area contributed by atoms with Crippen LogP contribution in [0.15, 0.2) is 60.8 Å². The molecule has 1 fully saturated rings. The summed E-state index contributed by atoms with van der Waals surface area (Å²) in [6, 6.07) is 18.3. The number of nitrogens with zero attached hydrogens (tertiary/aromatic N) is 3. The second-order valence-electron chi connectivity index (χ2n) is 7.54. The Morgan fingerprint density at radius 2 is 1.86 bits per heavy atom. The maximum Gasteiger partial charge on any atom is 0.255 e. The molecule has 0 spiro atoms. The number of rotatable bonds is 4. The van der Waals surface area contributed by atoms with Gasteiger partial charge in [0.05, 0.1) is 18.2 Å². The van der Waals surface area contributed by atoms with Crippen molar-refractivity contribution >= 4 is 16.8 Å². The van der Waals surface area contributed by atoms with Gasteiger partial charge in [0.1, 0.15) is 5.75 Å². The Bertz CT molecular complexity index is 985. The Labute approximate surface area is 165 Å². The molecule has 0 bridgehead atoms. The van der Waals surface area contributed by atoms with Gasteiger partial charge in [0.2, 0.25) is 0 Å². The topological polar surface area (TPSA) is 45.7 Å². The molecule has 0 N–H and O–H groups in total. The van der Waals surface area contributed by atoms with E-state index in [1.165, 1.54) is 5.56 Å². The molecule has 4 rings (SSSR count). The van der Waals surface area contributed by atoms with Gasteiger partial charge in [-0.25, -0.2) is 0 Å². The van der Waals surface area contributed by atoms with Crippen LogP contribution in [-0.4, -0.2) is 61.0 Å². The van der Waals surface area contributed by atoms with Crippen LogP contribution in [0.2, 0.25) is 0 Å². The molecule has 1 aliphatic rings. The van der Waals surface area contributed by atoms with E-state index in [1.54, 1.807) is 13.3 Å². The number of aromatic nitrogens is 1. The molecule has 5 nitrogen and oxygen atoms in total. The smallest absolute Gasteiger partial charge is 0.255 e. The first kappa shape index (κ1) is 18.4. The summed E-state index contributed by atoms with van der Waals surface area (Å²) in [7, 11) is 5.82. The van der Waals surface area contributed by atoms with E-state index in [0.29, 0.717) is 18.7 Å². The second-order valence-corrected chi connectivity index (χ2v) is 7.54. The van der Waals surface area contributed by atoms with E-state index in [1.807, 2.05) is 47.4 Å². The fourth-order valence-electron chi connectivity index (χ4n) is 4.02. The van der Waals surface area contributed by atoms with E-state index in [2.05, 4.69) is 36.1 Å². The van der Waals surface area contributed by atoms with Crippen LogP contribution in [0.25, 0.3) is 10.9 Å². The van der Waals surface area contributed by atoms with Crippen LogP contribution < -0.4 is 4.74 Å². The Kier molecular flexibility index (Phi) is 5.01. The summed E-state index contributed by atoms with van der Waals surface area (Å²) in [6.07, 6.45) is 1.69. The summed E-state index contributed by atoms with van der Waals surface area (Å²) < 4.78 is 5.28. The lowest BCUT2D eigenvalue weighted by Gasteiger charge is -2.25. The van der Waals surface area contributed by atoms with Crippen LogP contribution in [0.4, 0.5) is 0 Å². The summed E-state index contributed by atoms with van der Waals surface area (Å²) in [5.41, 5.74) is 2.78. The lowest BCUT2D eigenvalue weighted by atomic mass is 9.93. The zero-order chi connectivity index (χ0) is 19.7. The predicted molar refractivity (Wildman–Crippen MR) is 111 cm³/mol. The number of hydrogen-bond acceptors (Lipinski definition) is 4. The average molecular weight is 375 g/mol. The van der Waals surface area contributed by atoms with Crippen molar-refractivity contribution in [2.75, 3.05) is 34.3 Å². The minimum absolute atomic E-state index is 0.0427. The Morgan fingerprint density at radius 3 is 2.57 bits per heavy atom. The van der Waals surface area contributed by atoms with Crippen LogP contribution in [0.5, 0.6) is 5.75 Å². The number of likely N-dealkylation sites (tertiary alicyclic amines) is 1. The van der Waals surface area contributed by atoms with Crippen LogP contribution in [0.1, 0.15) is 21.8 Å². The van der Waals surface area contributed by atoms with E-state index in [9.17, 15) is 4.79 Å². The van der Waals surface area contributed by atoms with Gasteiger partial charge in [0, 0.05) is 36.6 Å². The Balaban J connectivity index is 1.59. The number of benzene rings is 2. The number of ether oxygens (including phenoxy) is 1. The molecule has 0 saturated carbocycles. The molecule has 5 heteroatoms. The number of fused-ring (bicyclic) bond motifs is 1. The van der Waals surface area contributed by atoms with Crippen molar-refractivity contribution in [2.45, 2.75) is 12.0 Å². The largest absolute Gasteiger partial charge is 0.497 e. The van der Waals surface area contributed by atoms with Gasteiger partial charge in [-0.15, -0.1) is 0 Å². The van der Waals surface area contributed by atoms with Crippen LogP contribution in [0.3, 0.4) is 0 Å². The van der Waals surface area contributed by atoms with E-state index in [0.717, 1.165) is 16.7 Å². The number of carbonyl (C=O) groups excluding carboxylic acids is 1. The quantitative estimate of drug-likeness (QED) is 0.701. The number of likely N-dealkylation sites (N-methyl/N-ethyl adjacent to an activating group) is 1. The third kappa shape index (κ3) is 3.45. The van der Waals surface area contributed by atoms with Gasteiger partial charge in [-0.1, -0.05) is 30.3 Å². The van der Waals surface area contributed by atoms with E-state index >= 15 is 0 Å². The van der Waals surface area contributed by atoms with Crippen molar-refractivity contribution in [1.29, 1.82) is 0 Å². The zero-order valence-corrected chi connectivity index (χ0v) is 16.5. The maximum atomic E-state index is 13.2. The first-order chi connectivity index (χ1) is 13.6. The molecule has 1 aromatic heterocycles. The van der Waals surface area contributed by atoms with Gasteiger partial charge >= 0.3 is 0 Å². The summed E-state index contributed by atoms with van der Waals surface area (Å²) in [4.78, 5) is 21.8. The van der Waals surface area contributed by atoms with Gasteiger partial charge in [0.25, 0.3) is 5.91 Å². The molecule has 1 saturated heterocycles. The number of carbonyl (C=O) groups is 1. The van der Waals surface area contributed by atoms with Crippen LogP contribution in [-0.2, 0) is 0 Å². The molecular formula is C23H25N3O2. The highest BCUT2D eigenvalue weighted by Gasteiger charge is 2.37. The zero-order valence-electron chi connectivity index (χ0n) is 16.5. The number of methoxy groups -OCH3 is 1. The molecule has 1 aliphatic heterocycles. The van der Waals surface area contributed by atoms with E-state index < -0.39 is 0 Å². The van der Waals surface area contributed by atoms with Gasteiger partial charge in [-0.05, 0) is 43.9 Å². The second kappa shape index (κ2) is 7.60. The van der Waals surface area contributed by atoms with Gasteiger partial charge in [-0.3, -0.25) is 9.78 Å². The fourth-order valence-corrected chi connectivity index (χ4v) is 4.02. The van der Waals surface area contributed by atoms with E-state index in [-0.39, 0.29) is 17.9 Å². The van der Waals surface area contributed by atoms with Gasteiger partial charge < -0.3 is 14.5 Å². The highest BCUT2D eigenvalue weighted by atomic mass is 16.5. The third-order valence-corrected chi connectivity index (χ3v) is 5.62. The molecule has 0 unspecified atom stereocenters. The predicted octanol–water partition coefficient (Wildman–Crippen LogP) is 3.41. The SMILES string of the molecule is COc1ccc([C@@H]2CN(C(=O)c3cnc4ccccc4c3)C[C@H]2N(C)C)cc1. The van der Waals surface area contributed by atoms with E-state index in [4.69, 9.17) is 4.74 Å². The van der Waals surface area contributed by atoms with Crippen molar-refractivity contribution in [1.82, 2.24) is 14.8 Å². The van der Waals surface area contributed by atoms with Crippen molar-refractivity contribution < 1.29 is 9.53 Å². The molecular weight excluding hydrogens is 350 g/mol. The highest BCUT2D eigenvalue weighted by Crippen LogP contribution is 2.32. The normalized spacial score (nSPS) is 19.4. The van der Waals surface area contributed by atoms with Crippen molar-refractivity contribution in [3.8, 4) is 5.75 Å².